The van der Waals surface area contributed by atoms with Crippen molar-refractivity contribution >= 4 is 22.7 Å². The van der Waals surface area contributed by atoms with Crippen molar-refractivity contribution in [1.82, 2.24) is 15.2 Å². The highest BCUT2D eigenvalue weighted by atomic mass is 16.4. The van der Waals surface area contributed by atoms with E-state index in [1.165, 1.54) is 6.20 Å². The number of carboxylic acids is 1. The predicted molar refractivity (Wildman–Crippen MR) is 59.5 cm³/mol. The van der Waals surface area contributed by atoms with Gasteiger partial charge in [0.15, 0.2) is 0 Å². The second-order valence-corrected chi connectivity index (χ2v) is 3.15. The lowest BCUT2D eigenvalue weighted by Gasteiger charge is -2.07. The molecule has 0 radical (unpaired) electrons. The Morgan fingerprint density at radius 2 is 2.44 bits per heavy atom. The maximum atomic E-state index is 11.0. The van der Waals surface area contributed by atoms with Crippen LogP contribution < -0.4 is 5.32 Å². The van der Waals surface area contributed by atoms with Crippen molar-refractivity contribution in [3.8, 4) is 0 Å². The Hall–Kier alpha value is -2.37. The molecule has 82 valence electrons. The zero-order chi connectivity index (χ0) is 11.5. The van der Waals surface area contributed by atoms with E-state index in [0.717, 1.165) is 0 Å². The molecule has 0 atom stereocenters. The van der Waals surface area contributed by atoms with Gasteiger partial charge in [0, 0.05) is 12.7 Å². The molecular weight excluding hydrogens is 208 g/mol. The minimum Gasteiger partial charge on any atom is -0.478 e. The van der Waals surface area contributed by atoms with E-state index >= 15 is 0 Å². The van der Waals surface area contributed by atoms with Gasteiger partial charge in [-0.15, -0.1) is 6.58 Å². The molecule has 0 aliphatic heterocycles. The van der Waals surface area contributed by atoms with Crippen LogP contribution in [0.3, 0.4) is 0 Å². The van der Waals surface area contributed by atoms with Crippen molar-refractivity contribution in [2.45, 2.75) is 0 Å². The van der Waals surface area contributed by atoms with Gasteiger partial charge in [0.1, 0.15) is 16.6 Å². The SMILES string of the molecule is C=CCNc1c(C(=O)O)cnc2cn[nH]c12. The van der Waals surface area contributed by atoms with Crippen molar-refractivity contribution in [1.29, 1.82) is 0 Å². The molecule has 3 N–H and O–H groups in total. The van der Waals surface area contributed by atoms with E-state index < -0.39 is 5.97 Å². The standard InChI is InChI=1S/C10H10N4O2/c1-2-3-11-8-6(10(15)16)4-12-7-5-13-14-9(7)8/h2,4-5H,1,3H2,(H,11,12)(H,13,14)(H,15,16). The van der Waals surface area contributed by atoms with Crippen LogP contribution in [0.1, 0.15) is 10.4 Å². The Kier molecular flexibility index (Phi) is 2.55. The van der Waals surface area contributed by atoms with Crippen LogP contribution in [0.15, 0.2) is 25.0 Å². The Morgan fingerprint density at radius 3 is 3.12 bits per heavy atom. The van der Waals surface area contributed by atoms with Crippen LogP contribution in [-0.2, 0) is 0 Å². The van der Waals surface area contributed by atoms with Gasteiger partial charge in [-0.2, -0.15) is 5.10 Å². The van der Waals surface area contributed by atoms with Gasteiger partial charge in [0.25, 0.3) is 0 Å². The summed E-state index contributed by atoms with van der Waals surface area (Å²) in [5, 5.41) is 18.5. The zero-order valence-corrected chi connectivity index (χ0v) is 8.40. The summed E-state index contributed by atoms with van der Waals surface area (Å²) in [7, 11) is 0. The molecule has 16 heavy (non-hydrogen) atoms. The lowest BCUT2D eigenvalue weighted by Crippen LogP contribution is -2.07. The fraction of sp³-hybridized carbons (Fsp3) is 0.100. The van der Waals surface area contributed by atoms with Gasteiger partial charge in [0.2, 0.25) is 0 Å². The molecule has 0 unspecified atom stereocenters. The number of fused-ring (bicyclic) bond motifs is 1. The average Bonchev–Trinajstić information content (AvgIpc) is 2.73. The normalized spacial score (nSPS) is 10.2. The highest BCUT2D eigenvalue weighted by molar-refractivity contribution is 6.02. The van der Waals surface area contributed by atoms with Crippen LogP contribution in [0.25, 0.3) is 11.0 Å². The molecule has 0 bridgehead atoms. The molecule has 0 aromatic carbocycles. The van der Waals surface area contributed by atoms with Crippen molar-refractivity contribution < 1.29 is 9.90 Å². The van der Waals surface area contributed by atoms with Crippen LogP contribution in [-0.4, -0.2) is 32.8 Å². The number of hydrogen-bond donors (Lipinski definition) is 3. The third-order valence-electron chi connectivity index (χ3n) is 2.12. The molecule has 6 nitrogen and oxygen atoms in total. The number of aromatic carboxylic acids is 1. The molecule has 6 heteroatoms. The Labute approximate surface area is 91.0 Å². The van der Waals surface area contributed by atoms with Crippen molar-refractivity contribution in [3.63, 3.8) is 0 Å². The van der Waals surface area contributed by atoms with E-state index in [-0.39, 0.29) is 5.56 Å². The summed E-state index contributed by atoms with van der Waals surface area (Å²) < 4.78 is 0. The molecule has 0 aliphatic carbocycles. The molecule has 2 aromatic heterocycles. The van der Waals surface area contributed by atoms with E-state index in [9.17, 15) is 4.79 Å². The van der Waals surface area contributed by atoms with E-state index in [1.807, 2.05) is 0 Å². The van der Waals surface area contributed by atoms with E-state index in [2.05, 4.69) is 27.1 Å². The van der Waals surface area contributed by atoms with Gasteiger partial charge in [-0.3, -0.25) is 10.1 Å². The van der Waals surface area contributed by atoms with Gasteiger partial charge in [0.05, 0.1) is 11.9 Å². The summed E-state index contributed by atoms with van der Waals surface area (Å²) in [5.74, 6) is -1.03. The van der Waals surface area contributed by atoms with E-state index in [1.54, 1.807) is 12.3 Å². The Bertz CT molecular complexity index is 547. The Balaban J connectivity index is 2.60. The third-order valence-corrected chi connectivity index (χ3v) is 2.12. The molecule has 0 amide bonds. The maximum Gasteiger partial charge on any atom is 0.339 e. The van der Waals surface area contributed by atoms with Crippen molar-refractivity contribution in [2.24, 2.45) is 0 Å². The molecule has 0 saturated heterocycles. The number of carboxylic acid groups (broad SMARTS) is 1. The summed E-state index contributed by atoms with van der Waals surface area (Å²) >= 11 is 0. The van der Waals surface area contributed by atoms with Gasteiger partial charge < -0.3 is 10.4 Å². The molecule has 0 saturated carbocycles. The first kappa shape index (κ1) is 10.2. The van der Waals surface area contributed by atoms with Crippen LogP contribution >= 0.6 is 0 Å². The summed E-state index contributed by atoms with van der Waals surface area (Å²) in [5.41, 5.74) is 1.80. The van der Waals surface area contributed by atoms with Crippen LogP contribution in [0.4, 0.5) is 5.69 Å². The van der Waals surface area contributed by atoms with Gasteiger partial charge >= 0.3 is 5.97 Å². The number of nitrogens with zero attached hydrogens (tertiary/aromatic N) is 2. The fourth-order valence-electron chi connectivity index (χ4n) is 1.41. The van der Waals surface area contributed by atoms with Gasteiger partial charge in [-0.05, 0) is 0 Å². The summed E-state index contributed by atoms with van der Waals surface area (Å²) in [6.07, 6.45) is 4.50. The molecular formula is C10H10N4O2. The van der Waals surface area contributed by atoms with Crippen LogP contribution in [0.2, 0.25) is 0 Å². The number of H-pyrrole nitrogens is 1. The van der Waals surface area contributed by atoms with Crippen molar-refractivity contribution in [3.05, 3.63) is 30.6 Å². The number of aromatic nitrogens is 3. The number of carbonyl (C=O) groups is 1. The number of pyridine rings is 1. The largest absolute Gasteiger partial charge is 0.478 e. The monoisotopic (exact) mass is 218 g/mol. The van der Waals surface area contributed by atoms with Gasteiger partial charge in [-0.25, -0.2) is 4.79 Å². The highest BCUT2D eigenvalue weighted by Gasteiger charge is 2.14. The summed E-state index contributed by atoms with van der Waals surface area (Å²) in [6.45, 7) is 4.04. The third kappa shape index (κ3) is 1.60. The first-order chi connectivity index (χ1) is 7.74. The topological polar surface area (TPSA) is 90.9 Å². The molecule has 0 fully saturated rings. The molecule has 0 aliphatic rings. The minimum atomic E-state index is -1.03. The minimum absolute atomic E-state index is 0.110. The fourth-order valence-corrected chi connectivity index (χ4v) is 1.41. The zero-order valence-electron chi connectivity index (χ0n) is 8.40. The van der Waals surface area contributed by atoms with Crippen LogP contribution in [0.5, 0.6) is 0 Å². The second-order valence-electron chi connectivity index (χ2n) is 3.15. The molecule has 2 rings (SSSR count). The highest BCUT2D eigenvalue weighted by Crippen LogP contribution is 2.23. The first-order valence-corrected chi connectivity index (χ1v) is 4.64. The average molecular weight is 218 g/mol. The second kappa shape index (κ2) is 4.01. The van der Waals surface area contributed by atoms with Crippen LogP contribution in [0, 0.1) is 0 Å². The lowest BCUT2D eigenvalue weighted by atomic mass is 10.2. The number of hydrogen-bond acceptors (Lipinski definition) is 4. The summed E-state index contributed by atoms with van der Waals surface area (Å²) in [4.78, 5) is 15.0. The molecule has 2 aromatic rings. The lowest BCUT2D eigenvalue weighted by molar-refractivity contribution is 0.0697. The Morgan fingerprint density at radius 1 is 1.62 bits per heavy atom. The number of rotatable bonds is 4. The van der Waals surface area contributed by atoms with Gasteiger partial charge in [-0.1, -0.05) is 6.08 Å². The maximum absolute atomic E-state index is 11.0. The van der Waals surface area contributed by atoms with Crippen molar-refractivity contribution in [2.75, 3.05) is 11.9 Å². The van der Waals surface area contributed by atoms with E-state index in [4.69, 9.17) is 5.11 Å². The molecule has 2 heterocycles. The summed E-state index contributed by atoms with van der Waals surface area (Å²) in [6, 6.07) is 0. The number of anilines is 1. The quantitative estimate of drug-likeness (QED) is 0.672. The number of nitrogens with one attached hydrogen (secondary N) is 2. The predicted octanol–water partition coefficient (Wildman–Crippen LogP) is 1.25. The first-order valence-electron chi connectivity index (χ1n) is 4.64. The molecule has 0 spiro atoms. The van der Waals surface area contributed by atoms with E-state index in [0.29, 0.717) is 23.3 Å². The number of aromatic amines is 1. The smallest absolute Gasteiger partial charge is 0.339 e.